The van der Waals surface area contributed by atoms with Crippen LogP contribution in [0.1, 0.15) is 49.8 Å². The van der Waals surface area contributed by atoms with Crippen LogP contribution in [0.15, 0.2) is 42.5 Å². The van der Waals surface area contributed by atoms with Crippen molar-refractivity contribution in [3.05, 3.63) is 59.2 Å². The Balaban J connectivity index is 1.71. The average molecular weight is 470 g/mol. The maximum absolute atomic E-state index is 5.96. The highest BCUT2D eigenvalue weighted by Gasteiger charge is 2.16. The summed E-state index contributed by atoms with van der Waals surface area (Å²) in [5.41, 5.74) is 4.88. The maximum atomic E-state index is 5.96. The van der Waals surface area contributed by atoms with Gasteiger partial charge in [0.25, 0.3) is 0 Å². The highest BCUT2D eigenvalue weighted by Crippen LogP contribution is 2.28. The van der Waals surface area contributed by atoms with E-state index in [9.17, 15) is 0 Å². The lowest BCUT2D eigenvalue weighted by atomic mass is 9.98. The fourth-order valence-corrected chi connectivity index (χ4v) is 4.43. The van der Waals surface area contributed by atoms with Gasteiger partial charge in [0.2, 0.25) is 0 Å². The van der Waals surface area contributed by atoms with E-state index in [-0.39, 0.29) is 0 Å². The molecular formula is C27H39N3O2S. The van der Waals surface area contributed by atoms with Gasteiger partial charge in [0.15, 0.2) is 5.11 Å². The second-order valence-corrected chi connectivity index (χ2v) is 9.32. The molecule has 0 amide bonds. The molecule has 0 unspecified atom stereocenters. The van der Waals surface area contributed by atoms with Gasteiger partial charge in [-0.25, -0.2) is 0 Å². The first-order valence-electron chi connectivity index (χ1n) is 12.1. The summed E-state index contributed by atoms with van der Waals surface area (Å²) in [5, 5.41) is 4.38. The highest BCUT2D eigenvalue weighted by atomic mass is 32.1. The van der Waals surface area contributed by atoms with Crippen LogP contribution in [0, 0.1) is 6.92 Å². The number of para-hydroxylation sites is 1. The van der Waals surface area contributed by atoms with Crippen molar-refractivity contribution >= 4 is 23.0 Å². The number of ether oxygens (including phenoxy) is 2. The van der Waals surface area contributed by atoms with Gasteiger partial charge in [-0.2, -0.15) is 0 Å². The van der Waals surface area contributed by atoms with Gasteiger partial charge in [-0.15, -0.1) is 0 Å². The summed E-state index contributed by atoms with van der Waals surface area (Å²) < 4.78 is 11.1. The number of nitrogens with zero attached hydrogens (tertiary/aromatic N) is 2. The predicted molar refractivity (Wildman–Crippen MR) is 141 cm³/mol. The van der Waals surface area contributed by atoms with Crippen molar-refractivity contribution in [3.63, 3.8) is 0 Å². The smallest absolute Gasteiger partial charge is 0.173 e. The zero-order valence-corrected chi connectivity index (χ0v) is 21.4. The molecule has 6 heteroatoms. The zero-order chi connectivity index (χ0) is 23.6. The van der Waals surface area contributed by atoms with Crippen LogP contribution in [-0.2, 0) is 11.3 Å². The van der Waals surface area contributed by atoms with Crippen molar-refractivity contribution < 1.29 is 9.47 Å². The lowest BCUT2D eigenvalue weighted by Crippen LogP contribution is -2.40. The van der Waals surface area contributed by atoms with E-state index < -0.39 is 0 Å². The van der Waals surface area contributed by atoms with Crippen molar-refractivity contribution in [2.45, 2.75) is 46.6 Å². The fourth-order valence-electron chi connectivity index (χ4n) is 4.17. The molecule has 0 aromatic heterocycles. The maximum Gasteiger partial charge on any atom is 0.173 e. The Labute approximate surface area is 205 Å². The van der Waals surface area contributed by atoms with Crippen molar-refractivity contribution in [3.8, 4) is 5.75 Å². The molecule has 2 aromatic carbocycles. The number of benzene rings is 2. The minimum atomic E-state index is 0.427. The van der Waals surface area contributed by atoms with Gasteiger partial charge in [0, 0.05) is 38.4 Å². The number of hydrogen-bond donors (Lipinski definition) is 1. The first-order chi connectivity index (χ1) is 16.0. The Bertz CT molecular complexity index is 879. The van der Waals surface area contributed by atoms with E-state index in [0.29, 0.717) is 12.5 Å². The van der Waals surface area contributed by atoms with Gasteiger partial charge in [-0.05, 0) is 67.2 Å². The number of thiocarbonyl (C=S) groups is 1. The molecular weight excluding hydrogens is 430 g/mol. The van der Waals surface area contributed by atoms with Crippen molar-refractivity contribution in [2.24, 2.45) is 0 Å². The number of hydrogen-bond acceptors (Lipinski definition) is 4. The van der Waals surface area contributed by atoms with Crippen LogP contribution in [0.5, 0.6) is 5.75 Å². The normalized spacial score (nSPS) is 14.3. The Morgan fingerprint density at radius 3 is 2.55 bits per heavy atom. The van der Waals surface area contributed by atoms with E-state index in [0.717, 1.165) is 68.9 Å². The molecule has 1 saturated heterocycles. The summed E-state index contributed by atoms with van der Waals surface area (Å²) in [6.45, 7) is 15.7. The summed E-state index contributed by atoms with van der Waals surface area (Å²) in [4.78, 5) is 4.77. The van der Waals surface area contributed by atoms with Crippen LogP contribution in [-0.4, -0.2) is 60.9 Å². The SMILES string of the molecule is CCOc1ccc(CN(CCCN2CCOCC2)C(=S)Nc2c(C)cccc2C(C)C)cc1. The van der Waals surface area contributed by atoms with Crippen LogP contribution in [0.25, 0.3) is 0 Å². The van der Waals surface area contributed by atoms with E-state index >= 15 is 0 Å². The molecule has 2 aromatic rings. The molecule has 33 heavy (non-hydrogen) atoms. The highest BCUT2D eigenvalue weighted by molar-refractivity contribution is 7.80. The average Bonchev–Trinajstić information content (AvgIpc) is 2.81. The topological polar surface area (TPSA) is 37.0 Å². The predicted octanol–water partition coefficient (Wildman–Crippen LogP) is 5.44. The van der Waals surface area contributed by atoms with Gasteiger partial charge >= 0.3 is 0 Å². The molecule has 1 heterocycles. The molecule has 1 fully saturated rings. The minimum Gasteiger partial charge on any atom is -0.494 e. The molecule has 5 nitrogen and oxygen atoms in total. The molecule has 0 spiro atoms. The molecule has 1 aliphatic rings. The second-order valence-electron chi connectivity index (χ2n) is 8.93. The van der Waals surface area contributed by atoms with Gasteiger partial charge < -0.3 is 19.7 Å². The Kier molecular flexibility index (Phi) is 9.97. The van der Waals surface area contributed by atoms with Gasteiger partial charge in [0.05, 0.1) is 19.8 Å². The molecule has 1 N–H and O–H groups in total. The molecule has 0 bridgehead atoms. The van der Waals surface area contributed by atoms with Crippen molar-refractivity contribution in [2.75, 3.05) is 51.3 Å². The first kappa shape index (κ1) is 25.5. The van der Waals surface area contributed by atoms with E-state index in [4.69, 9.17) is 21.7 Å². The van der Waals surface area contributed by atoms with Crippen molar-refractivity contribution in [1.29, 1.82) is 0 Å². The molecule has 1 aliphatic heterocycles. The Hall–Kier alpha value is -2.15. The monoisotopic (exact) mass is 469 g/mol. The first-order valence-corrected chi connectivity index (χ1v) is 12.6. The van der Waals surface area contributed by atoms with Gasteiger partial charge in [-0.3, -0.25) is 4.90 Å². The van der Waals surface area contributed by atoms with E-state index in [1.54, 1.807) is 0 Å². The zero-order valence-electron chi connectivity index (χ0n) is 20.6. The number of morpholine rings is 1. The summed E-state index contributed by atoms with van der Waals surface area (Å²) in [6, 6.07) is 14.8. The van der Waals surface area contributed by atoms with Gasteiger partial charge in [0.1, 0.15) is 5.75 Å². The third-order valence-corrected chi connectivity index (χ3v) is 6.42. The summed E-state index contributed by atoms with van der Waals surface area (Å²) in [5.74, 6) is 1.33. The third kappa shape index (κ3) is 7.70. The summed E-state index contributed by atoms with van der Waals surface area (Å²) >= 11 is 5.96. The number of anilines is 1. The number of rotatable bonds is 10. The van der Waals surface area contributed by atoms with Crippen LogP contribution in [0.4, 0.5) is 5.69 Å². The third-order valence-electron chi connectivity index (χ3n) is 6.06. The lowest BCUT2D eigenvalue weighted by molar-refractivity contribution is 0.0368. The minimum absolute atomic E-state index is 0.427. The molecule has 0 atom stereocenters. The van der Waals surface area contributed by atoms with E-state index in [1.165, 1.54) is 16.7 Å². The standard InChI is InChI=1S/C27H39N3O2S/c1-5-32-24-12-10-23(11-13-24)20-30(15-7-14-29-16-18-31-19-17-29)27(33)28-26-22(4)8-6-9-25(26)21(2)3/h6,8-13,21H,5,7,14-20H2,1-4H3,(H,28,33). The lowest BCUT2D eigenvalue weighted by Gasteiger charge is -2.30. The van der Waals surface area contributed by atoms with Crippen LogP contribution in [0.3, 0.4) is 0 Å². The number of nitrogens with one attached hydrogen (secondary N) is 1. The van der Waals surface area contributed by atoms with Crippen LogP contribution < -0.4 is 10.1 Å². The molecule has 0 saturated carbocycles. The quantitative estimate of drug-likeness (QED) is 0.467. The second kappa shape index (κ2) is 12.9. The van der Waals surface area contributed by atoms with Crippen LogP contribution in [0.2, 0.25) is 0 Å². The van der Waals surface area contributed by atoms with E-state index in [1.807, 2.05) is 19.1 Å². The summed E-state index contributed by atoms with van der Waals surface area (Å²) in [7, 11) is 0. The molecule has 180 valence electrons. The largest absolute Gasteiger partial charge is 0.494 e. The van der Waals surface area contributed by atoms with E-state index in [2.05, 4.69) is 66.2 Å². The Morgan fingerprint density at radius 2 is 1.88 bits per heavy atom. The van der Waals surface area contributed by atoms with Gasteiger partial charge in [-0.1, -0.05) is 44.2 Å². The molecule has 0 radical (unpaired) electrons. The summed E-state index contributed by atoms with van der Waals surface area (Å²) in [6.07, 6.45) is 1.06. The molecule has 0 aliphatic carbocycles. The molecule has 3 rings (SSSR count). The van der Waals surface area contributed by atoms with Crippen molar-refractivity contribution in [1.82, 2.24) is 9.80 Å². The van der Waals surface area contributed by atoms with Crippen LogP contribution >= 0.6 is 12.2 Å². The fraction of sp³-hybridized carbons (Fsp3) is 0.519. The number of aryl methyl sites for hydroxylation is 1. The Morgan fingerprint density at radius 1 is 1.15 bits per heavy atom.